The van der Waals surface area contributed by atoms with Crippen LogP contribution in [0.1, 0.15) is 22.5 Å². The van der Waals surface area contributed by atoms with Crippen molar-refractivity contribution in [1.82, 2.24) is 10.2 Å². The van der Waals surface area contributed by atoms with Crippen LogP contribution in [0.15, 0.2) is 24.3 Å². The molecule has 0 saturated carbocycles. The van der Waals surface area contributed by atoms with Gasteiger partial charge in [-0.05, 0) is 49.4 Å². The predicted octanol–water partition coefficient (Wildman–Crippen LogP) is 2.98. The van der Waals surface area contributed by atoms with Crippen molar-refractivity contribution in [3.05, 3.63) is 34.2 Å². The highest BCUT2D eigenvalue weighted by Gasteiger charge is 2.35. The first kappa shape index (κ1) is 18.5. The Morgan fingerprint density at radius 2 is 2.04 bits per heavy atom. The van der Waals surface area contributed by atoms with Gasteiger partial charge < -0.3 is 15.7 Å². The maximum absolute atomic E-state index is 12.5. The Morgan fingerprint density at radius 3 is 2.65 bits per heavy atom. The summed E-state index contributed by atoms with van der Waals surface area (Å²) in [6.45, 7) is 3.38. The molecule has 23 heavy (non-hydrogen) atoms. The quantitative estimate of drug-likeness (QED) is 0.877. The van der Waals surface area contributed by atoms with Gasteiger partial charge in [-0.1, -0.05) is 23.7 Å². The van der Waals surface area contributed by atoms with Crippen LogP contribution in [-0.4, -0.2) is 42.0 Å². The van der Waals surface area contributed by atoms with E-state index in [1.54, 1.807) is 0 Å². The van der Waals surface area contributed by atoms with Crippen molar-refractivity contribution in [3.63, 3.8) is 0 Å². The summed E-state index contributed by atoms with van der Waals surface area (Å²) in [7, 11) is 0. The van der Waals surface area contributed by atoms with E-state index in [0.29, 0.717) is 12.0 Å². The lowest BCUT2D eigenvalue weighted by Gasteiger charge is -2.44. The minimum Gasteiger partial charge on any atom is -0.412 e. The average molecular weight is 375 g/mol. The van der Waals surface area contributed by atoms with E-state index in [2.05, 4.69) is 10.2 Å². The summed E-state index contributed by atoms with van der Waals surface area (Å²) < 4.78 is 0.998. The number of carbonyl (C=O) groups is 1. The number of fused-ring (bicyclic) bond motifs is 4. The van der Waals surface area contributed by atoms with Gasteiger partial charge in [0, 0.05) is 12.6 Å². The van der Waals surface area contributed by atoms with Crippen molar-refractivity contribution in [2.24, 2.45) is 5.92 Å². The van der Waals surface area contributed by atoms with Gasteiger partial charge in [-0.2, -0.15) is 0 Å². The van der Waals surface area contributed by atoms with Gasteiger partial charge >= 0.3 is 0 Å². The van der Waals surface area contributed by atoms with Crippen molar-refractivity contribution < 1.29 is 10.3 Å². The molecule has 3 aliphatic heterocycles. The molecule has 0 aliphatic carbocycles. The molecule has 3 aliphatic rings. The van der Waals surface area contributed by atoms with Crippen molar-refractivity contribution in [1.29, 1.82) is 0 Å². The second-order valence-corrected chi connectivity index (χ2v) is 7.45. The van der Waals surface area contributed by atoms with Gasteiger partial charge in [0.25, 0.3) is 5.91 Å². The Morgan fingerprint density at radius 1 is 1.30 bits per heavy atom. The van der Waals surface area contributed by atoms with Crippen LogP contribution in [0.2, 0.25) is 5.02 Å². The summed E-state index contributed by atoms with van der Waals surface area (Å²) in [6.07, 6.45) is 2.42. The number of nitrogens with one attached hydrogen (secondary N) is 1. The third-order valence-corrected chi connectivity index (χ3v) is 6.30. The molecule has 126 valence electrons. The van der Waals surface area contributed by atoms with Crippen LogP contribution < -0.4 is 5.32 Å². The van der Waals surface area contributed by atoms with E-state index in [9.17, 15) is 4.79 Å². The highest BCUT2D eigenvalue weighted by Crippen LogP contribution is 2.32. The van der Waals surface area contributed by atoms with Gasteiger partial charge in [-0.15, -0.1) is 23.7 Å². The second-order valence-electron chi connectivity index (χ2n) is 5.99. The molecule has 3 fully saturated rings. The highest BCUT2D eigenvalue weighted by atomic mass is 35.5. The summed E-state index contributed by atoms with van der Waals surface area (Å²) in [6, 6.07) is 8.05. The molecule has 1 atom stereocenters. The van der Waals surface area contributed by atoms with Crippen LogP contribution in [0.3, 0.4) is 0 Å². The number of halogens is 2. The average Bonchev–Trinajstić information content (AvgIpc) is 2.94. The fourth-order valence-corrected chi connectivity index (χ4v) is 4.77. The van der Waals surface area contributed by atoms with Crippen molar-refractivity contribution in [3.8, 4) is 0 Å². The summed E-state index contributed by atoms with van der Waals surface area (Å²) >= 11 is 7.67. The summed E-state index contributed by atoms with van der Waals surface area (Å²) in [5.74, 6) is 0.697. The third-order valence-electron chi connectivity index (χ3n) is 4.69. The molecule has 0 spiro atoms. The number of amides is 1. The van der Waals surface area contributed by atoms with E-state index in [1.165, 1.54) is 37.3 Å². The van der Waals surface area contributed by atoms with E-state index >= 15 is 0 Å². The number of thiophene rings is 1. The summed E-state index contributed by atoms with van der Waals surface area (Å²) in [4.78, 5) is 15.7. The Bertz CT molecular complexity index is 698. The number of benzene rings is 1. The van der Waals surface area contributed by atoms with Crippen LogP contribution in [0.5, 0.6) is 0 Å². The Balaban J connectivity index is 0.000000960. The fourth-order valence-electron chi connectivity index (χ4n) is 3.51. The monoisotopic (exact) mass is 374 g/mol. The normalized spacial score (nSPS) is 25.5. The van der Waals surface area contributed by atoms with Gasteiger partial charge in [0.05, 0.1) is 14.6 Å². The molecule has 5 rings (SSSR count). The van der Waals surface area contributed by atoms with Crippen LogP contribution in [0.25, 0.3) is 10.1 Å². The van der Waals surface area contributed by atoms with Crippen molar-refractivity contribution in [2.75, 3.05) is 19.6 Å². The zero-order valence-corrected chi connectivity index (χ0v) is 14.9. The molecule has 7 heteroatoms. The van der Waals surface area contributed by atoms with E-state index in [0.717, 1.165) is 26.5 Å². The van der Waals surface area contributed by atoms with Crippen LogP contribution in [0.4, 0.5) is 0 Å². The molecule has 4 heterocycles. The fraction of sp³-hybridized carbons (Fsp3) is 0.438. The third kappa shape index (κ3) is 3.49. The molecule has 0 radical (unpaired) electrons. The van der Waals surface area contributed by atoms with Gasteiger partial charge in [0.2, 0.25) is 0 Å². The lowest BCUT2D eigenvalue weighted by molar-refractivity contribution is 0.0622. The van der Waals surface area contributed by atoms with Crippen LogP contribution >= 0.6 is 35.3 Å². The minimum atomic E-state index is 0. The second kappa shape index (κ2) is 7.36. The first-order chi connectivity index (χ1) is 10.2. The maximum Gasteiger partial charge on any atom is 0.261 e. The van der Waals surface area contributed by atoms with E-state index < -0.39 is 0 Å². The highest BCUT2D eigenvalue weighted by molar-refractivity contribution is 7.21. The van der Waals surface area contributed by atoms with E-state index in [4.69, 9.17) is 11.6 Å². The first-order valence-corrected chi connectivity index (χ1v) is 8.61. The van der Waals surface area contributed by atoms with Gasteiger partial charge in [0.15, 0.2) is 0 Å². The van der Waals surface area contributed by atoms with Crippen LogP contribution in [0, 0.1) is 5.92 Å². The maximum atomic E-state index is 12.5. The predicted molar refractivity (Wildman–Crippen MR) is 98.1 cm³/mol. The largest absolute Gasteiger partial charge is 0.412 e. The molecule has 3 saturated heterocycles. The van der Waals surface area contributed by atoms with Gasteiger partial charge in [0.1, 0.15) is 0 Å². The molecular weight excluding hydrogens is 355 g/mol. The van der Waals surface area contributed by atoms with Crippen LogP contribution in [-0.2, 0) is 0 Å². The summed E-state index contributed by atoms with van der Waals surface area (Å²) in [5, 5.41) is 5.00. The summed E-state index contributed by atoms with van der Waals surface area (Å²) in [5.41, 5.74) is 0. The molecule has 0 unspecified atom stereocenters. The standard InChI is InChI=1S/C16H17ClN2OS.ClH.H2O/c17-12-3-1-2-11-8-14(21-15(11)12)16(20)18-13-9-19-6-4-10(13)5-7-19;;/h1-3,8,10,13H,4-7,9H2,(H,18,20);1H;1H2/t13-;;/m0../s1. The van der Waals surface area contributed by atoms with E-state index in [1.807, 2.05) is 24.3 Å². The molecule has 1 amide bonds. The Labute approximate surface area is 150 Å². The Hall–Kier alpha value is -0.850. The number of hydrogen-bond acceptors (Lipinski definition) is 3. The number of nitrogens with zero attached hydrogens (tertiary/aromatic N) is 1. The zero-order chi connectivity index (χ0) is 14.4. The lowest BCUT2D eigenvalue weighted by atomic mass is 9.84. The molecule has 2 bridgehead atoms. The molecular formula is C16H20Cl2N2O2S. The molecule has 2 aromatic rings. The molecule has 1 aromatic carbocycles. The van der Waals surface area contributed by atoms with Crippen molar-refractivity contribution >= 4 is 51.3 Å². The molecule has 4 nitrogen and oxygen atoms in total. The number of hydrogen-bond donors (Lipinski definition) is 1. The number of carbonyl (C=O) groups excluding carboxylic acids is 1. The number of piperidine rings is 3. The minimum absolute atomic E-state index is 0. The number of rotatable bonds is 2. The molecule has 3 N–H and O–H groups in total. The lowest BCUT2D eigenvalue weighted by Crippen LogP contribution is -2.57. The Kier molecular flexibility index (Phi) is 5.92. The van der Waals surface area contributed by atoms with Gasteiger partial charge in [-0.25, -0.2) is 0 Å². The van der Waals surface area contributed by atoms with Gasteiger partial charge in [-0.3, -0.25) is 4.79 Å². The topological polar surface area (TPSA) is 63.8 Å². The first-order valence-electron chi connectivity index (χ1n) is 7.42. The zero-order valence-electron chi connectivity index (χ0n) is 12.5. The van der Waals surface area contributed by atoms with Crippen molar-refractivity contribution in [2.45, 2.75) is 18.9 Å². The SMILES string of the molecule is Cl.O.O=C(N[C@H]1CN2CCC1CC2)c1cc2cccc(Cl)c2s1. The van der Waals surface area contributed by atoms with E-state index in [-0.39, 0.29) is 23.8 Å². The smallest absolute Gasteiger partial charge is 0.261 e. The molecule has 1 aromatic heterocycles.